The van der Waals surface area contributed by atoms with Crippen LogP contribution < -0.4 is 10.1 Å². The van der Waals surface area contributed by atoms with E-state index >= 15 is 0 Å². The fraction of sp³-hybridized carbons (Fsp3) is 0.308. The van der Waals surface area contributed by atoms with Gasteiger partial charge in [-0.15, -0.1) is 0 Å². The summed E-state index contributed by atoms with van der Waals surface area (Å²) in [4.78, 5) is 4.45. The van der Waals surface area contributed by atoms with Crippen molar-refractivity contribution in [1.82, 2.24) is 10.3 Å². The smallest absolute Gasteiger partial charge is 0.229 e. The lowest BCUT2D eigenvalue weighted by Crippen LogP contribution is -2.12. The summed E-state index contributed by atoms with van der Waals surface area (Å²) in [6, 6.07) is 7.84. The van der Waals surface area contributed by atoms with Crippen LogP contribution in [0.4, 0.5) is 0 Å². The Morgan fingerprint density at radius 2 is 2.12 bits per heavy atom. The summed E-state index contributed by atoms with van der Waals surface area (Å²) in [6.07, 6.45) is 1.67. The van der Waals surface area contributed by atoms with Crippen LogP contribution in [0.25, 0.3) is 11.5 Å². The Labute approximate surface area is 101 Å². The maximum Gasteiger partial charge on any atom is 0.229 e. The van der Waals surface area contributed by atoms with Gasteiger partial charge in [0.05, 0.1) is 18.4 Å². The molecule has 90 valence electrons. The lowest BCUT2D eigenvalue weighted by atomic mass is 10.2. The van der Waals surface area contributed by atoms with Crippen LogP contribution in [0.15, 0.2) is 34.9 Å². The van der Waals surface area contributed by atoms with Crippen molar-refractivity contribution in [2.75, 3.05) is 14.2 Å². The molecule has 2 rings (SSSR count). The van der Waals surface area contributed by atoms with Crippen LogP contribution in [0, 0.1) is 0 Å². The molecule has 1 N–H and O–H groups in total. The minimum absolute atomic E-state index is 0.169. The fourth-order valence-corrected chi connectivity index (χ4v) is 1.58. The molecule has 0 bridgehead atoms. The zero-order chi connectivity index (χ0) is 12.3. The van der Waals surface area contributed by atoms with Crippen molar-refractivity contribution in [3.05, 3.63) is 36.2 Å². The molecular formula is C13H16N2O2. The largest absolute Gasteiger partial charge is 0.496 e. The van der Waals surface area contributed by atoms with Crippen molar-refractivity contribution in [3.63, 3.8) is 0 Å². The maximum absolute atomic E-state index is 5.49. The molecule has 0 fully saturated rings. The average molecular weight is 232 g/mol. The number of methoxy groups -OCH3 is 1. The SMILES string of the molecule is CNC(C)c1coc(-c2ccccc2OC)n1. The highest BCUT2D eigenvalue weighted by atomic mass is 16.5. The van der Waals surface area contributed by atoms with Crippen LogP contribution >= 0.6 is 0 Å². The van der Waals surface area contributed by atoms with E-state index < -0.39 is 0 Å². The van der Waals surface area contributed by atoms with Gasteiger partial charge in [-0.05, 0) is 26.1 Å². The zero-order valence-corrected chi connectivity index (χ0v) is 10.2. The molecule has 4 nitrogen and oxygen atoms in total. The first-order valence-corrected chi connectivity index (χ1v) is 5.52. The predicted octanol–water partition coefficient (Wildman–Crippen LogP) is 2.63. The van der Waals surface area contributed by atoms with E-state index in [1.165, 1.54) is 0 Å². The summed E-state index contributed by atoms with van der Waals surface area (Å²) in [7, 11) is 3.53. The van der Waals surface area contributed by atoms with Crippen LogP contribution in [-0.2, 0) is 0 Å². The van der Waals surface area contributed by atoms with Gasteiger partial charge in [-0.2, -0.15) is 0 Å². The van der Waals surface area contributed by atoms with Gasteiger partial charge >= 0.3 is 0 Å². The van der Waals surface area contributed by atoms with E-state index in [2.05, 4.69) is 10.3 Å². The molecule has 0 spiro atoms. The van der Waals surface area contributed by atoms with Gasteiger partial charge in [-0.3, -0.25) is 0 Å². The number of nitrogens with zero attached hydrogens (tertiary/aromatic N) is 1. The van der Waals surface area contributed by atoms with Crippen LogP contribution in [-0.4, -0.2) is 19.1 Å². The summed E-state index contributed by atoms with van der Waals surface area (Å²) in [5.41, 5.74) is 1.75. The molecule has 4 heteroatoms. The summed E-state index contributed by atoms with van der Waals surface area (Å²) < 4.78 is 10.8. The van der Waals surface area contributed by atoms with Gasteiger partial charge in [0.25, 0.3) is 0 Å². The topological polar surface area (TPSA) is 47.3 Å². The Morgan fingerprint density at radius 3 is 2.82 bits per heavy atom. The molecule has 1 atom stereocenters. The Hall–Kier alpha value is -1.81. The Kier molecular flexibility index (Phi) is 3.44. The van der Waals surface area contributed by atoms with Gasteiger partial charge in [0.1, 0.15) is 12.0 Å². The zero-order valence-electron chi connectivity index (χ0n) is 10.2. The molecule has 1 aromatic carbocycles. The summed E-state index contributed by atoms with van der Waals surface area (Å²) in [5.74, 6) is 1.34. The molecule has 1 heterocycles. The summed E-state index contributed by atoms with van der Waals surface area (Å²) in [5, 5.41) is 3.12. The van der Waals surface area contributed by atoms with Gasteiger partial charge in [0.2, 0.25) is 5.89 Å². The van der Waals surface area contributed by atoms with Crippen molar-refractivity contribution < 1.29 is 9.15 Å². The molecule has 0 saturated heterocycles. The molecule has 1 aromatic heterocycles. The Balaban J connectivity index is 2.37. The highest BCUT2D eigenvalue weighted by Crippen LogP contribution is 2.29. The van der Waals surface area contributed by atoms with E-state index in [1.807, 2.05) is 38.2 Å². The van der Waals surface area contributed by atoms with Gasteiger partial charge in [0.15, 0.2) is 0 Å². The minimum atomic E-state index is 0.169. The number of ether oxygens (including phenoxy) is 1. The first-order chi connectivity index (χ1) is 8.26. The number of hydrogen-bond donors (Lipinski definition) is 1. The van der Waals surface area contributed by atoms with Gasteiger partial charge < -0.3 is 14.5 Å². The third kappa shape index (κ3) is 2.31. The Morgan fingerprint density at radius 1 is 1.35 bits per heavy atom. The number of hydrogen-bond acceptors (Lipinski definition) is 4. The number of benzene rings is 1. The Bertz CT molecular complexity index is 494. The van der Waals surface area contributed by atoms with E-state index in [4.69, 9.17) is 9.15 Å². The molecule has 0 aliphatic heterocycles. The highest BCUT2D eigenvalue weighted by Gasteiger charge is 2.13. The van der Waals surface area contributed by atoms with E-state index in [0.717, 1.165) is 17.0 Å². The van der Waals surface area contributed by atoms with E-state index in [9.17, 15) is 0 Å². The molecule has 0 aliphatic rings. The molecule has 2 aromatic rings. The standard InChI is InChI=1S/C13H16N2O2/c1-9(14-2)11-8-17-13(15-11)10-6-4-5-7-12(10)16-3/h4-9,14H,1-3H3. The molecule has 0 saturated carbocycles. The average Bonchev–Trinajstić information content (AvgIpc) is 2.87. The minimum Gasteiger partial charge on any atom is -0.496 e. The second-order valence-electron chi connectivity index (χ2n) is 3.79. The number of aromatic nitrogens is 1. The highest BCUT2D eigenvalue weighted by molar-refractivity contribution is 5.62. The predicted molar refractivity (Wildman–Crippen MR) is 66.0 cm³/mol. The van der Waals surface area contributed by atoms with Crippen LogP contribution in [0.1, 0.15) is 18.7 Å². The van der Waals surface area contributed by atoms with Crippen molar-refractivity contribution in [1.29, 1.82) is 0 Å². The number of nitrogens with one attached hydrogen (secondary N) is 1. The lowest BCUT2D eigenvalue weighted by molar-refractivity contribution is 0.414. The van der Waals surface area contributed by atoms with E-state index in [-0.39, 0.29) is 6.04 Å². The van der Waals surface area contributed by atoms with Gasteiger partial charge in [-0.25, -0.2) is 4.98 Å². The maximum atomic E-state index is 5.49. The number of para-hydroxylation sites is 1. The van der Waals surface area contributed by atoms with Gasteiger partial charge in [-0.1, -0.05) is 12.1 Å². The number of rotatable bonds is 4. The third-order valence-corrected chi connectivity index (χ3v) is 2.74. The van der Waals surface area contributed by atoms with Crippen LogP contribution in [0.5, 0.6) is 5.75 Å². The second kappa shape index (κ2) is 5.01. The van der Waals surface area contributed by atoms with Crippen LogP contribution in [0.2, 0.25) is 0 Å². The van der Waals surface area contributed by atoms with Gasteiger partial charge in [0, 0.05) is 6.04 Å². The fourth-order valence-electron chi connectivity index (χ4n) is 1.58. The van der Waals surface area contributed by atoms with Crippen molar-refractivity contribution in [2.24, 2.45) is 0 Å². The quantitative estimate of drug-likeness (QED) is 0.880. The first kappa shape index (κ1) is 11.7. The monoisotopic (exact) mass is 232 g/mol. The molecular weight excluding hydrogens is 216 g/mol. The summed E-state index contributed by atoms with van der Waals surface area (Å²) in [6.45, 7) is 2.03. The third-order valence-electron chi connectivity index (χ3n) is 2.74. The van der Waals surface area contributed by atoms with Crippen molar-refractivity contribution in [2.45, 2.75) is 13.0 Å². The normalized spacial score (nSPS) is 12.4. The second-order valence-corrected chi connectivity index (χ2v) is 3.79. The van der Waals surface area contributed by atoms with Crippen LogP contribution in [0.3, 0.4) is 0 Å². The molecule has 0 radical (unpaired) electrons. The van der Waals surface area contributed by atoms with Crippen molar-refractivity contribution >= 4 is 0 Å². The van der Waals surface area contributed by atoms with Crippen molar-refractivity contribution in [3.8, 4) is 17.2 Å². The molecule has 0 amide bonds. The number of oxazole rings is 1. The molecule has 0 aliphatic carbocycles. The summed E-state index contributed by atoms with van der Waals surface area (Å²) >= 11 is 0. The lowest BCUT2D eigenvalue weighted by Gasteiger charge is -2.05. The molecule has 1 unspecified atom stereocenters. The first-order valence-electron chi connectivity index (χ1n) is 5.52. The van der Waals surface area contributed by atoms with E-state index in [0.29, 0.717) is 5.89 Å². The van der Waals surface area contributed by atoms with E-state index in [1.54, 1.807) is 13.4 Å². The molecule has 17 heavy (non-hydrogen) atoms.